The minimum atomic E-state index is 0. The molecule has 0 N–H and O–H groups in total. The Kier molecular flexibility index (Phi) is 13200. The number of carbonyl (C=O) groups excluding carboxylic acids is 4. The van der Waals surface area contributed by atoms with E-state index in [9.17, 15) is 0 Å². The molecule has 1 radical (unpaired) electrons. The van der Waals surface area contributed by atoms with Crippen molar-refractivity contribution in [3.05, 3.63) is 0 Å². The van der Waals surface area contributed by atoms with Gasteiger partial charge in [-0.15, -0.1) is 0 Å². The molecule has 0 saturated heterocycles. The number of hydrogen-bond donors (Lipinski definition) is 0. The minimum absolute atomic E-state index is 0. The molecule has 0 atom stereocenters. The van der Waals surface area contributed by atoms with Gasteiger partial charge in [-0.25, -0.2) is 0 Å². The van der Waals surface area contributed by atoms with Gasteiger partial charge in [0.15, 0.2) is 0 Å². The third-order valence-corrected chi connectivity index (χ3v) is 0. The third kappa shape index (κ3) is 1900. The van der Waals surface area contributed by atoms with Gasteiger partial charge in [-0.3, -0.25) is 0 Å². The van der Waals surface area contributed by atoms with Crippen molar-refractivity contribution >= 4 is 27.2 Å². The summed E-state index contributed by atoms with van der Waals surface area (Å²) in [4.78, 5) is 32.0. The Bertz CT molecular complexity index is 28.1. The first-order valence-corrected chi connectivity index (χ1v) is 1.15. The molecule has 0 heterocycles. The van der Waals surface area contributed by atoms with Gasteiger partial charge in [0, 0.05) is 0 Å². The van der Waals surface area contributed by atoms with Crippen LogP contribution in [0.1, 0.15) is 0 Å². The van der Waals surface area contributed by atoms with Crippen LogP contribution in [0.2, 0.25) is 0 Å². The van der Waals surface area contributed by atoms with E-state index in [1.54, 1.807) is 0 Å². The number of hydrogen-bond acceptors (Lipinski definition) is 4. The van der Waals surface area contributed by atoms with E-state index in [0.29, 0.717) is 0 Å². The van der Waals surface area contributed by atoms with E-state index in [1.807, 2.05) is 27.2 Å². The van der Waals surface area contributed by atoms with Crippen molar-refractivity contribution in [1.29, 1.82) is 0 Å². The molecule has 0 aliphatic carbocycles. The number of carbonyl (C=O) groups is 4. The second-order valence-corrected chi connectivity index (χ2v) is 0. The van der Waals surface area contributed by atoms with Gasteiger partial charge in [0.1, 0.15) is 27.2 Å². The Balaban J connectivity index is -0.00000000356. The Morgan fingerprint density at radius 1 is 0.455 bits per heavy atom. The van der Waals surface area contributed by atoms with Gasteiger partial charge in [0.05, 0.1) is 0 Å². The molecule has 0 aromatic rings. The van der Waals surface area contributed by atoms with Crippen molar-refractivity contribution in [3.63, 3.8) is 0 Å². The average molecular weight is 433 g/mol. The van der Waals surface area contributed by atoms with Gasteiger partial charge in [-0.05, 0) is 0 Å². The Labute approximate surface area is 110 Å². The van der Waals surface area contributed by atoms with Crippen LogP contribution in [0.5, 0.6) is 0 Å². The van der Waals surface area contributed by atoms with Crippen LogP contribution in [0.15, 0.2) is 0 Å². The molecule has 11 heavy (non-hydrogen) atoms. The maximum Gasteiger partial charge on any atom is 2.00 e. The van der Waals surface area contributed by atoms with E-state index in [1.165, 1.54) is 0 Å². The van der Waals surface area contributed by atoms with Gasteiger partial charge >= 0.3 is 16.8 Å². The molecule has 0 fully saturated rings. The maximum absolute atomic E-state index is 8.00. The van der Waals surface area contributed by atoms with Crippen molar-refractivity contribution < 1.29 is 83.9 Å². The quantitative estimate of drug-likeness (QED) is 0.357. The third-order valence-electron chi connectivity index (χ3n) is 0. The Morgan fingerprint density at radius 3 is 0.455 bits per heavy atom. The fourth-order valence-electron chi connectivity index (χ4n) is 0. The monoisotopic (exact) mass is 433 g/mol. The predicted molar refractivity (Wildman–Crippen MR) is 28.5 cm³/mol. The summed E-state index contributed by atoms with van der Waals surface area (Å²) in [5.74, 6) is 0. The molecule has 0 saturated carbocycles. The first-order chi connectivity index (χ1) is 4.00. The summed E-state index contributed by atoms with van der Waals surface area (Å²) in [7, 11) is 0. The largest absolute Gasteiger partial charge is 2.00 e. The van der Waals surface area contributed by atoms with Crippen LogP contribution in [0.25, 0.3) is 0 Å². The summed E-state index contributed by atoms with van der Waals surface area (Å²) in [6, 6.07) is 0. The van der Waals surface area contributed by atoms with Crippen LogP contribution in [0.3, 0.4) is 0 Å². The zero-order valence-corrected chi connectivity index (χ0v) is 10.9. The van der Waals surface area contributed by atoms with Gasteiger partial charge in [0.25, 0.3) is 0 Å². The van der Waals surface area contributed by atoms with Crippen LogP contribution in [0, 0.1) is 0 Å². The van der Waals surface area contributed by atoms with Gasteiger partial charge in [-0.2, -0.15) is 0 Å². The average Bonchev–Trinajstić information content (AvgIpc) is 2.03. The number of rotatable bonds is 0. The summed E-state index contributed by atoms with van der Waals surface area (Å²) in [6.07, 6.45) is 0. The molecule has 7 heteroatoms. The molecule has 0 amide bonds. The predicted octanol–water partition coefficient (Wildman–Crippen LogP) is -6.73. The van der Waals surface area contributed by atoms with Crippen molar-refractivity contribution in [1.82, 2.24) is 0 Å². The van der Waals surface area contributed by atoms with Crippen LogP contribution in [-0.4, -0.2) is 27.2 Å². The zero-order chi connectivity index (χ0) is 8.00. The van der Waals surface area contributed by atoms with E-state index in [-0.39, 0.29) is 64.7 Å². The standard InChI is InChI=1S/4CH2O.Co.2HI/c4*1-2;;;/h4*1H2;;2*1H/q;;;;+2;;/p-2. The fraction of sp³-hybridized carbons (Fsp3) is 0. The summed E-state index contributed by atoms with van der Waals surface area (Å²) in [6.45, 7) is 8.00. The van der Waals surface area contributed by atoms with E-state index < -0.39 is 0 Å². The topological polar surface area (TPSA) is 68.3 Å². The van der Waals surface area contributed by atoms with Crippen LogP contribution < -0.4 is 48.0 Å². The summed E-state index contributed by atoms with van der Waals surface area (Å²) >= 11 is 0. The van der Waals surface area contributed by atoms with Crippen molar-refractivity contribution in [2.24, 2.45) is 0 Å². The molecule has 0 aromatic carbocycles. The zero-order valence-electron chi connectivity index (χ0n) is 5.55. The molecular formula is C4H8CoI2O4. The first kappa shape index (κ1) is 61.1. The molecule has 0 spiro atoms. The maximum atomic E-state index is 8.00. The second kappa shape index (κ2) is 2370. The molecule has 0 rings (SSSR count). The Hall–Kier alpha value is 0.646. The molecule has 0 aromatic heterocycles. The smallest absolute Gasteiger partial charge is 1.00 e. The van der Waals surface area contributed by atoms with Crippen LogP contribution >= 0.6 is 0 Å². The summed E-state index contributed by atoms with van der Waals surface area (Å²) in [5, 5.41) is 0. The SMILES string of the molecule is C=O.C=O.C=O.C=O.[Co+2].[I-].[I-]. The first-order valence-electron chi connectivity index (χ1n) is 1.15. The summed E-state index contributed by atoms with van der Waals surface area (Å²) < 4.78 is 0. The molecule has 0 unspecified atom stereocenters. The normalized spacial score (nSPS) is 1.45. The van der Waals surface area contributed by atoms with E-state index in [2.05, 4.69) is 0 Å². The fourth-order valence-corrected chi connectivity index (χ4v) is 0. The molecule has 0 bridgehead atoms. The second-order valence-electron chi connectivity index (χ2n) is 0. The summed E-state index contributed by atoms with van der Waals surface area (Å²) in [5.41, 5.74) is 0. The molecule has 71 valence electrons. The van der Waals surface area contributed by atoms with Crippen molar-refractivity contribution in [3.8, 4) is 0 Å². The molecular weight excluding hydrogens is 425 g/mol. The molecule has 0 aliphatic rings. The van der Waals surface area contributed by atoms with E-state index >= 15 is 0 Å². The van der Waals surface area contributed by atoms with E-state index in [4.69, 9.17) is 19.2 Å². The van der Waals surface area contributed by atoms with Crippen molar-refractivity contribution in [2.75, 3.05) is 0 Å². The van der Waals surface area contributed by atoms with Gasteiger partial charge < -0.3 is 67.1 Å². The minimum Gasteiger partial charge on any atom is -1.00 e. The van der Waals surface area contributed by atoms with E-state index in [0.717, 1.165) is 0 Å². The van der Waals surface area contributed by atoms with Crippen LogP contribution in [-0.2, 0) is 36.0 Å². The van der Waals surface area contributed by atoms with Crippen LogP contribution in [0.4, 0.5) is 0 Å². The van der Waals surface area contributed by atoms with Crippen molar-refractivity contribution in [2.45, 2.75) is 0 Å². The Morgan fingerprint density at radius 2 is 0.455 bits per heavy atom. The van der Waals surface area contributed by atoms with Gasteiger partial charge in [-0.1, -0.05) is 0 Å². The number of halogens is 2. The van der Waals surface area contributed by atoms with Gasteiger partial charge in [0.2, 0.25) is 0 Å². The molecule has 0 aliphatic heterocycles. The molecule has 4 nitrogen and oxygen atoms in total.